The van der Waals surface area contributed by atoms with Gasteiger partial charge in [0.15, 0.2) is 0 Å². The highest BCUT2D eigenvalue weighted by Crippen LogP contribution is 2.36. The van der Waals surface area contributed by atoms with Crippen LogP contribution in [0.15, 0.2) is 79.1 Å². The lowest BCUT2D eigenvalue weighted by Crippen LogP contribution is -2.28. The SMILES string of the molecule is COc1ccc([C@@](O)(c2ccccc2)c2ccncc2)cc1. The van der Waals surface area contributed by atoms with Gasteiger partial charge in [-0.2, -0.15) is 0 Å². The topological polar surface area (TPSA) is 42.4 Å². The van der Waals surface area contributed by atoms with Crippen LogP contribution >= 0.6 is 0 Å². The summed E-state index contributed by atoms with van der Waals surface area (Å²) in [5.74, 6) is 0.758. The van der Waals surface area contributed by atoms with Crippen molar-refractivity contribution in [1.29, 1.82) is 0 Å². The molecule has 3 nitrogen and oxygen atoms in total. The van der Waals surface area contributed by atoms with E-state index in [9.17, 15) is 5.11 Å². The van der Waals surface area contributed by atoms with Crippen molar-refractivity contribution < 1.29 is 9.84 Å². The smallest absolute Gasteiger partial charge is 0.140 e. The summed E-state index contributed by atoms with van der Waals surface area (Å²) >= 11 is 0. The molecule has 0 aliphatic rings. The molecule has 0 aliphatic carbocycles. The molecule has 110 valence electrons. The van der Waals surface area contributed by atoms with Crippen molar-refractivity contribution in [2.75, 3.05) is 7.11 Å². The Labute approximate surface area is 129 Å². The average Bonchev–Trinajstić information content (AvgIpc) is 2.62. The molecule has 1 aromatic heterocycles. The summed E-state index contributed by atoms with van der Waals surface area (Å²) in [7, 11) is 1.63. The minimum absolute atomic E-state index is 0.758. The molecule has 1 atom stereocenters. The highest BCUT2D eigenvalue weighted by Gasteiger charge is 2.33. The van der Waals surface area contributed by atoms with E-state index in [2.05, 4.69) is 4.98 Å². The van der Waals surface area contributed by atoms with Gasteiger partial charge in [-0.15, -0.1) is 0 Å². The third-order valence-corrected chi connectivity index (χ3v) is 3.80. The van der Waals surface area contributed by atoms with Crippen LogP contribution in [-0.4, -0.2) is 17.2 Å². The standard InChI is InChI=1S/C19H17NO2/c1-22-18-9-7-16(8-10-18)19(21,15-5-3-2-4-6-15)17-11-13-20-14-12-17/h2-14,21H,1H3/t19-/m0/s1. The Bertz CT molecular complexity index is 685. The van der Waals surface area contributed by atoms with E-state index >= 15 is 0 Å². The quantitative estimate of drug-likeness (QED) is 0.801. The number of benzene rings is 2. The third kappa shape index (κ3) is 2.47. The van der Waals surface area contributed by atoms with Gasteiger partial charge in [-0.25, -0.2) is 0 Å². The van der Waals surface area contributed by atoms with E-state index in [4.69, 9.17) is 4.74 Å². The van der Waals surface area contributed by atoms with Crippen LogP contribution in [0.3, 0.4) is 0 Å². The van der Waals surface area contributed by atoms with Gasteiger partial charge in [0, 0.05) is 12.4 Å². The van der Waals surface area contributed by atoms with Crippen molar-refractivity contribution in [3.8, 4) is 5.75 Å². The maximum absolute atomic E-state index is 11.5. The molecule has 22 heavy (non-hydrogen) atoms. The Morgan fingerprint density at radius 1 is 0.773 bits per heavy atom. The van der Waals surface area contributed by atoms with Gasteiger partial charge in [-0.1, -0.05) is 42.5 Å². The van der Waals surface area contributed by atoms with Gasteiger partial charge in [0.2, 0.25) is 0 Å². The molecule has 0 amide bonds. The maximum Gasteiger partial charge on any atom is 0.140 e. The fourth-order valence-corrected chi connectivity index (χ4v) is 2.60. The third-order valence-electron chi connectivity index (χ3n) is 3.80. The molecule has 1 heterocycles. The van der Waals surface area contributed by atoms with Crippen LogP contribution in [-0.2, 0) is 5.60 Å². The zero-order valence-corrected chi connectivity index (χ0v) is 12.3. The summed E-state index contributed by atoms with van der Waals surface area (Å²) < 4.78 is 5.20. The fourth-order valence-electron chi connectivity index (χ4n) is 2.60. The molecule has 2 aromatic carbocycles. The summed E-state index contributed by atoms with van der Waals surface area (Å²) in [5, 5.41) is 11.5. The first-order chi connectivity index (χ1) is 10.7. The van der Waals surface area contributed by atoms with Crippen molar-refractivity contribution >= 4 is 0 Å². The lowest BCUT2D eigenvalue weighted by Gasteiger charge is -2.30. The van der Waals surface area contributed by atoms with Gasteiger partial charge in [-0.05, 0) is 41.0 Å². The van der Waals surface area contributed by atoms with E-state index in [1.165, 1.54) is 0 Å². The molecule has 3 rings (SSSR count). The Balaban J connectivity index is 2.18. The minimum Gasteiger partial charge on any atom is -0.497 e. The maximum atomic E-state index is 11.5. The van der Waals surface area contributed by atoms with Crippen LogP contribution < -0.4 is 4.74 Å². The molecule has 3 aromatic rings. The molecule has 0 saturated heterocycles. The predicted molar refractivity (Wildman–Crippen MR) is 85.8 cm³/mol. The fraction of sp³-hybridized carbons (Fsp3) is 0.105. The first kappa shape index (κ1) is 14.3. The second-order valence-corrected chi connectivity index (χ2v) is 5.04. The Kier molecular flexibility index (Phi) is 3.90. The monoisotopic (exact) mass is 291 g/mol. The van der Waals surface area contributed by atoms with Gasteiger partial charge >= 0.3 is 0 Å². The summed E-state index contributed by atoms with van der Waals surface area (Å²) in [5.41, 5.74) is 1.15. The number of nitrogens with zero attached hydrogens (tertiary/aromatic N) is 1. The lowest BCUT2D eigenvalue weighted by molar-refractivity contribution is 0.125. The Hall–Kier alpha value is -2.65. The normalized spacial score (nSPS) is 13.4. The van der Waals surface area contributed by atoms with Crippen molar-refractivity contribution in [2.24, 2.45) is 0 Å². The van der Waals surface area contributed by atoms with Gasteiger partial charge in [-0.3, -0.25) is 4.98 Å². The van der Waals surface area contributed by atoms with Gasteiger partial charge in [0.1, 0.15) is 11.4 Å². The average molecular weight is 291 g/mol. The number of rotatable bonds is 4. The summed E-state index contributed by atoms with van der Waals surface area (Å²) in [6.45, 7) is 0. The van der Waals surface area contributed by atoms with Crippen molar-refractivity contribution in [2.45, 2.75) is 5.60 Å². The van der Waals surface area contributed by atoms with E-state index in [0.717, 1.165) is 22.4 Å². The van der Waals surface area contributed by atoms with Gasteiger partial charge in [0.25, 0.3) is 0 Å². The van der Waals surface area contributed by atoms with Crippen LogP contribution in [0.1, 0.15) is 16.7 Å². The molecule has 0 saturated carbocycles. The highest BCUT2D eigenvalue weighted by atomic mass is 16.5. The number of pyridine rings is 1. The van der Waals surface area contributed by atoms with E-state index in [0.29, 0.717) is 0 Å². The molecular formula is C19H17NO2. The van der Waals surface area contributed by atoms with E-state index in [1.807, 2.05) is 66.7 Å². The van der Waals surface area contributed by atoms with E-state index < -0.39 is 5.60 Å². The largest absolute Gasteiger partial charge is 0.497 e. The van der Waals surface area contributed by atoms with Crippen molar-refractivity contribution in [3.05, 3.63) is 95.8 Å². The zero-order chi connectivity index (χ0) is 15.4. The van der Waals surface area contributed by atoms with Crippen LogP contribution in [0.5, 0.6) is 5.75 Å². The second kappa shape index (κ2) is 6.00. The molecule has 0 unspecified atom stereocenters. The number of ether oxygens (including phenoxy) is 1. The van der Waals surface area contributed by atoms with Crippen LogP contribution in [0.25, 0.3) is 0 Å². The predicted octanol–water partition coefficient (Wildman–Crippen LogP) is 3.37. The Morgan fingerprint density at radius 2 is 1.32 bits per heavy atom. The first-order valence-corrected chi connectivity index (χ1v) is 7.08. The summed E-state index contributed by atoms with van der Waals surface area (Å²) in [6.07, 6.45) is 3.37. The molecule has 0 aliphatic heterocycles. The number of hydrogen-bond donors (Lipinski definition) is 1. The van der Waals surface area contributed by atoms with Gasteiger partial charge in [0.05, 0.1) is 7.11 Å². The van der Waals surface area contributed by atoms with Crippen LogP contribution in [0, 0.1) is 0 Å². The van der Waals surface area contributed by atoms with E-state index in [1.54, 1.807) is 19.5 Å². The molecule has 0 bridgehead atoms. The van der Waals surface area contributed by atoms with Crippen LogP contribution in [0.4, 0.5) is 0 Å². The zero-order valence-electron chi connectivity index (χ0n) is 12.3. The van der Waals surface area contributed by atoms with Gasteiger partial charge < -0.3 is 9.84 Å². The molecule has 3 heteroatoms. The van der Waals surface area contributed by atoms with Crippen molar-refractivity contribution in [1.82, 2.24) is 4.98 Å². The number of aliphatic hydroxyl groups is 1. The summed E-state index contributed by atoms with van der Waals surface area (Å²) in [6, 6.07) is 20.7. The van der Waals surface area contributed by atoms with Crippen LogP contribution in [0.2, 0.25) is 0 Å². The Morgan fingerprint density at radius 3 is 1.91 bits per heavy atom. The minimum atomic E-state index is -1.23. The number of aromatic nitrogens is 1. The second-order valence-electron chi connectivity index (χ2n) is 5.04. The first-order valence-electron chi connectivity index (χ1n) is 7.08. The number of methoxy groups -OCH3 is 1. The van der Waals surface area contributed by atoms with E-state index in [-0.39, 0.29) is 0 Å². The lowest BCUT2D eigenvalue weighted by atomic mass is 9.81. The molecule has 0 fully saturated rings. The molecule has 1 N–H and O–H groups in total. The number of hydrogen-bond acceptors (Lipinski definition) is 3. The summed E-state index contributed by atoms with van der Waals surface area (Å²) in [4.78, 5) is 4.04. The highest BCUT2D eigenvalue weighted by molar-refractivity contribution is 5.47. The van der Waals surface area contributed by atoms with Crippen molar-refractivity contribution in [3.63, 3.8) is 0 Å². The molecule has 0 spiro atoms. The molecule has 0 radical (unpaired) electrons. The molecular weight excluding hydrogens is 274 g/mol.